The molecule has 0 heterocycles. The standard InChI is InChI=1S/C11H18O2.C10H15NO2.C9H15Cl.C9H18OP2.C9H16O.C8H11NO2.C7H11N.C7H12O.C5H9Cl.C5H10O/c1-4-13-11(12)9-7-5-6-8-10(2)3;1-4-13-10(12)9(7-11)6-5-8(2)3;1-9(2)7-5-3-4-6-8-10;1-9(2)7-5-3-4-6-8-10-12-11;1-9(2)7-5-3-4-6-8-10;1-6(2)3-4-7(5-9)8(10)11;2*1-7(2)5-3-4-6-8;2*1-5(2)3-4-6/h7-9H,4-6H2,1-3H3;5,9H,4,6H2,1-3H3;4,6-7H,3,5,8H2,1-2H3;4,6-7,12H,3,5,8,11H2,1-2H3;4,6-7,10H,3,5,8H2,1-2H3;3,7H,4H2,1-2H3,(H,10,11);5H,3-4H2,1-2H3;5-6H,3-4H2,1-2H3;3H,4H2,1-2H3;3,6H,4H2,1-2H3/b9-7+;;3*6-4+;;;;;. The molecule has 0 aromatic rings. The molecule has 0 aromatic carbocycles. The van der Waals surface area contributed by atoms with Crippen LogP contribution in [0.3, 0.4) is 0 Å². The van der Waals surface area contributed by atoms with Gasteiger partial charge in [-0.15, -0.1) is 23.2 Å². The molecule has 0 radical (unpaired) electrons. The summed E-state index contributed by atoms with van der Waals surface area (Å²) in [6.07, 6.45) is 49.1. The van der Waals surface area contributed by atoms with E-state index in [2.05, 4.69) is 125 Å². The number of carboxylic acid groups (broad SMARTS) is 1. The van der Waals surface area contributed by atoms with Crippen LogP contribution < -0.4 is 0 Å². The van der Waals surface area contributed by atoms with Gasteiger partial charge >= 0.3 is 17.9 Å². The fraction of sp³-hybridized carbons (Fsp3) is 0.562. The molecule has 13 nitrogen and oxygen atoms in total. The van der Waals surface area contributed by atoms with Gasteiger partial charge in [-0.25, -0.2) is 4.79 Å². The van der Waals surface area contributed by atoms with E-state index >= 15 is 0 Å². The van der Waals surface area contributed by atoms with Crippen molar-refractivity contribution < 1.29 is 48.5 Å². The minimum absolute atomic E-state index is 0.162. The van der Waals surface area contributed by atoms with Crippen molar-refractivity contribution in [3.05, 3.63) is 165 Å². The predicted octanol–water partition coefficient (Wildman–Crippen LogP) is 23.3. The number of aldehydes is 1. The van der Waals surface area contributed by atoms with E-state index in [0.717, 1.165) is 93.8 Å². The van der Waals surface area contributed by atoms with Gasteiger partial charge in [0.15, 0.2) is 0 Å². The minimum atomic E-state index is -1.05. The number of carbonyl (C=O) groups is 4. The number of aliphatic hydroxyl groups is 2. The molecule has 0 aliphatic rings. The van der Waals surface area contributed by atoms with Crippen molar-refractivity contribution in [3.63, 3.8) is 0 Å². The van der Waals surface area contributed by atoms with Crippen molar-refractivity contribution in [2.75, 3.05) is 44.8 Å². The van der Waals surface area contributed by atoms with Crippen LogP contribution in [0.25, 0.3) is 0 Å². The first-order valence-electron chi connectivity index (χ1n) is 33.3. The van der Waals surface area contributed by atoms with Crippen LogP contribution in [0.2, 0.25) is 0 Å². The zero-order chi connectivity index (χ0) is 76.9. The Morgan fingerprint density at radius 3 is 1.09 bits per heavy atom. The van der Waals surface area contributed by atoms with Crippen molar-refractivity contribution in [2.24, 2.45) is 11.8 Å². The predicted molar refractivity (Wildman–Crippen MR) is 426 cm³/mol. The lowest BCUT2D eigenvalue weighted by atomic mass is 10.1. The highest BCUT2D eigenvalue weighted by Gasteiger charge is 2.17. The summed E-state index contributed by atoms with van der Waals surface area (Å²) in [6, 6.07) is 5.71. The number of unbranched alkanes of at least 4 members (excludes halogenated alkanes) is 6. The van der Waals surface area contributed by atoms with Gasteiger partial charge in [-0.1, -0.05) is 168 Å². The molecule has 97 heavy (non-hydrogen) atoms. The maximum absolute atomic E-state index is 11.1. The Bertz CT molecular complexity index is 2400. The van der Waals surface area contributed by atoms with E-state index in [9.17, 15) is 19.2 Å². The normalized spacial score (nSPS) is 9.98. The number of carboxylic acids is 1. The summed E-state index contributed by atoms with van der Waals surface area (Å²) in [5, 5.41) is 50.1. The zero-order valence-corrected chi connectivity index (χ0v) is 68.0. The van der Waals surface area contributed by atoms with E-state index in [1.807, 2.05) is 120 Å². The zero-order valence-electron chi connectivity index (χ0n) is 64.3. The monoisotopic (exact) mass is 1430 g/mol. The molecule has 3 N–H and O–H groups in total. The Labute approximate surface area is 607 Å². The van der Waals surface area contributed by atoms with E-state index in [1.165, 1.54) is 45.1 Å². The third-order valence-corrected chi connectivity index (χ3v) is 11.5. The average molecular weight is 1430 g/mol. The summed E-state index contributed by atoms with van der Waals surface area (Å²) >= 11 is 10.8. The SMILES string of the molecule is CC(C)=CCC(C#N)C(=O)O.CC(C)=CCC/C=C/CCl.CC(C)=CCC/C=C/CO.CC(C)=CCC/C=C/COPP.CC(C)=CCCC#N.CC(C)=CCCC=O.CC(C)=CCCl.CC(C)=CCO.CCOC(=O)/C=C/CCC=C(C)C.CCOC(=O)C(C#N)CC=C(C)C. The second kappa shape index (κ2) is 96.6. The molecule has 0 aliphatic carbocycles. The van der Waals surface area contributed by atoms with E-state index in [1.54, 1.807) is 38.1 Å². The number of hydrogen-bond acceptors (Lipinski definition) is 12. The number of carbonyl (C=O) groups excluding carboxylic acids is 3. The maximum Gasteiger partial charge on any atom is 0.330 e. The fourth-order valence-electron chi connectivity index (χ4n) is 5.46. The number of allylic oxidation sites excluding steroid dienone is 24. The fourth-order valence-corrected chi connectivity index (χ4v) is 6.38. The first-order chi connectivity index (χ1) is 45.7. The van der Waals surface area contributed by atoms with Gasteiger partial charge in [0.25, 0.3) is 0 Å². The molecule has 0 fully saturated rings. The van der Waals surface area contributed by atoms with Gasteiger partial charge in [0.1, 0.15) is 18.1 Å². The second-order valence-electron chi connectivity index (χ2n) is 23.2. The summed E-state index contributed by atoms with van der Waals surface area (Å²) in [7, 11) is 3.08. The average Bonchev–Trinajstić information content (AvgIpc) is 2.93. The van der Waals surface area contributed by atoms with Gasteiger partial charge < -0.3 is 34.1 Å². The second-order valence-corrected chi connectivity index (χ2v) is 25.0. The number of aliphatic carboxylic acids is 1. The van der Waals surface area contributed by atoms with Crippen LogP contribution in [0, 0.1) is 45.8 Å². The summed E-state index contributed by atoms with van der Waals surface area (Å²) in [5.74, 6) is -2.01. The minimum Gasteiger partial charge on any atom is -0.480 e. The van der Waals surface area contributed by atoms with Crippen molar-refractivity contribution in [2.45, 2.75) is 242 Å². The van der Waals surface area contributed by atoms with E-state index in [0.29, 0.717) is 59.2 Å². The van der Waals surface area contributed by atoms with Crippen LogP contribution in [0.4, 0.5) is 0 Å². The van der Waals surface area contributed by atoms with E-state index < -0.39 is 23.8 Å². The van der Waals surface area contributed by atoms with Gasteiger partial charge in [0.05, 0.1) is 51.2 Å². The number of hydrogen-bond donors (Lipinski definition) is 3. The first kappa shape index (κ1) is 113. The molecule has 0 spiro atoms. The number of esters is 2. The van der Waals surface area contributed by atoms with E-state index in [-0.39, 0.29) is 19.2 Å². The number of nitrogens with zero attached hydrogens (tertiary/aromatic N) is 3. The number of alkyl halides is 2. The summed E-state index contributed by atoms with van der Waals surface area (Å²) in [6.45, 7) is 45.9. The van der Waals surface area contributed by atoms with Gasteiger partial charge in [0.2, 0.25) is 0 Å². The van der Waals surface area contributed by atoms with Crippen molar-refractivity contribution in [3.8, 4) is 18.2 Å². The number of rotatable bonds is 33. The Balaban J connectivity index is -0.000000109. The molecule has 0 saturated carbocycles. The van der Waals surface area contributed by atoms with Crippen LogP contribution in [0.5, 0.6) is 0 Å². The topological polar surface area (TPSA) is 228 Å². The van der Waals surface area contributed by atoms with Gasteiger partial charge in [-0.05, 0) is 229 Å². The Morgan fingerprint density at radius 1 is 0.443 bits per heavy atom. The van der Waals surface area contributed by atoms with Crippen molar-refractivity contribution in [1.29, 1.82) is 15.8 Å². The molecule has 0 rings (SSSR count). The number of halogens is 2. The highest BCUT2D eigenvalue weighted by molar-refractivity contribution is 8.00. The van der Waals surface area contributed by atoms with Crippen molar-refractivity contribution >= 4 is 64.8 Å². The van der Waals surface area contributed by atoms with Gasteiger partial charge in [0, 0.05) is 39.2 Å². The molecule has 17 heteroatoms. The molecule has 4 unspecified atom stereocenters. The molecule has 4 atom stereocenters. The van der Waals surface area contributed by atoms with Crippen molar-refractivity contribution in [1.82, 2.24) is 0 Å². The number of ether oxygens (including phenoxy) is 2. The van der Waals surface area contributed by atoms with Gasteiger partial charge in [-0.3, -0.25) is 9.59 Å². The quantitative estimate of drug-likeness (QED) is 0.0106. The van der Waals surface area contributed by atoms with Crippen LogP contribution in [-0.4, -0.2) is 84.3 Å². The molecular weight excluding hydrogens is 1300 g/mol. The largest absolute Gasteiger partial charge is 0.480 e. The number of nitriles is 3. The summed E-state index contributed by atoms with van der Waals surface area (Å²) < 4.78 is 14.6. The summed E-state index contributed by atoms with van der Waals surface area (Å²) in [4.78, 5) is 42.0. The molecule has 0 aromatic heterocycles. The highest BCUT2D eigenvalue weighted by Crippen LogP contribution is 2.20. The van der Waals surface area contributed by atoms with E-state index in [4.69, 9.17) is 68.3 Å². The van der Waals surface area contributed by atoms with Gasteiger partial charge in [-0.2, -0.15) is 15.8 Å². The molecule has 0 bridgehead atoms. The number of aliphatic hydroxyl groups excluding tert-OH is 2. The molecule has 0 aliphatic heterocycles. The maximum atomic E-state index is 11.1. The first-order valence-corrected chi connectivity index (χ1v) is 37.1. The molecular formula is C80H135Cl2N3O10P2. The van der Waals surface area contributed by atoms with Crippen LogP contribution >= 0.6 is 40.6 Å². The Morgan fingerprint density at radius 2 is 0.804 bits per heavy atom. The highest BCUT2D eigenvalue weighted by atomic mass is 35.5. The van der Waals surface area contributed by atoms with Crippen LogP contribution in [-0.2, 0) is 33.2 Å². The Hall–Kier alpha value is -5.77. The van der Waals surface area contributed by atoms with Crippen LogP contribution in [0.1, 0.15) is 242 Å². The molecule has 554 valence electrons. The van der Waals surface area contributed by atoms with Crippen LogP contribution in [0.15, 0.2) is 165 Å². The lowest BCUT2D eigenvalue weighted by Crippen LogP contribution is -2.15. The third kappa shape index (κ3) is 147. The lowest BCUT2D eigenvalue weighted by molar-refractivity contribution is -0.146. The molecule has 0 saturated heterocycles. The molecule has 0 amide bonds. The lowest BCUT2D eigenvalue weighted by Gasteiger charge is -2.05. The Kier molecular flexibility index (Phi) is 112. The third-order valence-electron chi connectivity index (χ3n) is 10.4. The smallest absolute Gasteiger partial charge is 0.330 e. The summed E-state index contributed by atoms with van der Waals surface area (Å²) in [5.41, 5.74) is 12.6.